The SMILES string of the molecule is C=CCN(Cc1ccc(C)s1)C[C@H](O)CO. The minimum Gasteiger partial charge on any atom is -0.394 e. The summed E-state index contributed by atoms with van der Waals surface area (Å²) in [6, 6.07) is 4.19. The monoisotopic (exact) mass is 241 g/mol. The summed E-state index contributed by atoms with van der Waals surface area (Å²) in [4.78, 5) is 4.62. The van der Waals surface area contributed by atoms with Gasteiger partial charge >= 0.3 is 0 Å². The van der Waals surface area contributed by atoms with E-state index < -0.39 is 6.10 Å². The summed E-state index contributed by atoms with van der Waals surface area (Å²) in [6.07, 6.45) is 1.13. The van der Waals surface area contributed by atoms with E-state index in [9.17, 15) is 5.11 Å². The van der Waals surface area contributed by atoms with Crippen LogP contribution in [-0.4, -0.2) is 40.9 Å². The lowest BCUT2D eigenvalue weighted by molar-refractivity contribution is 0.0607. The molecule has 1 rings (SSSR count). The molecule has 0 saturated carbocycles. The van der Waals surface area contributed by atoms with Crippen molar-refractivity contribution in [1.82, 2.24) is 4.90 Å². The maximum atomic E-state index is 9.42. The smallest absolute Gasteiger partial charge is 0.0897 e. The van der Waals surface area contributed by atoms with Crippen molar-refractivity contribution in [3.63, 3.8) is 0 Å². The van der Waals surface area contributed by atoms with E-state index in [1.807, 2.05) is 6.08 Å². The quantitative estimate of drug-likeness (QED) is 0.709. The largest absolute Gasteiger partial charge is 0.394 e. The molecule has 1 aromatic heterocycles. The van der Waals surface area contributed by atoms with Crippen LogP contribution < -0.4 is 0 Å². The second kappa shape index (κ2) is 6.81. The van der Waals surface area contributed by atoms with Crippen LogP contribution in [0.3, 0.4) is 0 Å². The highest BCUT2D eigenvalue weighted by Gasteiger charge is 2.11. The Morgan fingerprint density at radius 3 is 2.81 bits per heavy atom. The zero-order valence-electron chi connectivity index (χ0n) is 9.59. The van der Waals surface area contributed by atoms with E-state index in [-0.39, 0.29) is 6.61 Å². The summed E-state index contributed by atoms with van der Waals surface area (Å²) in [5, 5.41) is 18.2. The molecule has 90 valence electrons. The van der Waals surface area contributed by atoms with Crippen LogP contribution in [0.15, 0.2) is 24.8 Å². The summed E-state index contributed by atoms with van der Waals surface area (Å²) in [5.41, 5.74) is 0. The van der Waals surface area contributed by atoms with Gasteiger partial charge in [-0.2, -0.15) is 0 Å². The Morgan fingerprint density at radius 2 is 2.31 bits per heavy atom. The van der Waals surface area contributed by atoms with Gasteiger partial charge in [0.05, 0.1) is 12.7 Å². The van der Waals surface area contributed by atoms with Gasteiger partial charge in [0.25, 0.3) is 0 Å². The van der Waals surface area contributed by atoms with Crippen LogP contribution >= 0.6 is 11.3 Å². The lowest BCUT2D eigenvalue weighted by atomic mass is 10.3. The minimum atomic E-state index is -0.680. The molecule has 3 nitrogen and oxygen atoms in total. The highest BCUT2D eigenvalue weighted by atomic mass is 32.1. The van der Waals surface area contributed by atoms with Gasteiger partial charge in [-0.25, -0.2) is 0 Å². The number of rotatable bonds is 7. The van der Waals surface area contributed by atoms with Crippen LogP contribution in [0.4, 0.5) is 0 Å². The molecule has 0 amide bonds. The predicted molar refractivity (Wildman–Crippen MR) is 67.6 cm³/mol. The van der Waals surface area contributed by atoms with Gasteiger partial charge in [-0.3, -0.25) is 4.90 Å². The molecule has 0 aliphatic rings. The van der Waals surface area contributed by atoms with Gasteiger partial charge in [0.15, 0.2) is 0 Å². The lowest BCUT2D eigenvalue weighted by Gasteiger charge is -2.22. The molecule has 0 aliphatic carbocycles. The van der Waals surface area contributed by atoms with Crippen molar-refractivity contribution >= 4 is 11.3 Å². The molecule has 16 heavy (non-hydrogen) atoms. The first-order valence-electron chi connectivity index (χ1n) is 5.33. The zero-order valence-corrected chi connectivity index (χ0v) is 10.4. The molecule has 0 aromatic carbocycles. The first-order valence-corrected chi connectivity index (χ1v) is 6.15. The molecule has 1 heterocycles. The fourth-order valence-corrected chi connectivity index (χ4v) is 2.47. The summed E-state index contributed by atoms with van der Waals surface area (Å²) in [5.74, 6) is 0. The molecule has 1 aromatic rings. The maximum absolute atomic E-state index is 9.42. The van der Waals surface area contributed by atoms with Crippen LogP contribution in [0.1, 0.15) is 9.75 Å². The maximum Gasteiger partial charge on any atom is 0.0897 e. The normalized spacial score (nSPS) is 13.0. The summed E-state index contributed by atoms with van der Waals surface area (Å²) < 4.78 is 0. The minimum absolute atomic E-state index is 0.197. The molecular formula is C12H19NO2S. The molecule has 0 bridgehead atoms. The van der Waals surface area contributed by atoms with Crippen molar-refractivity contribution in [2.45, 2.75) is 19.6 Å². The Kier molecular flexibility index (Phi) is 5.69. The fourth-order valence-electron chi connectivity index (χ4n) is 1.53. The second-order valence-electron chi connectivity index (χ2n) is 3.83. The van der Waals surface area contributed by atoms with E-state index in [1.165, 1.54) is 9.75 Å². The average molecular weight is 241 g/mol. The third-order valence-electron chi connectivity index (χ3n) is 2.24. The van der Waals surface area contributed by atoms with Crippen molar-refractivity contribution in [2.75, 3.05) is 19.7 Å². The average Bonchev–Trinajstić information content (AvgIpc) is 2.64. The molecule has 0 radical (unpaired) electrons. The number of aliphatic hydroxyl groups is 2. The highest BCUT2D eigenvalue weighted by Crippen LogP contribution is 2.17. The summed E-state index contributed by atoms with van der Waals surface area (Å²) >= 11 is 1.76. The molecule has 0 spiro atoms. The van der Waals surface area contributed by atoms with E-state index in [1.54, 1.807) is 11.3 Å². The highest BCUT2D eigenvalue weighted by molar-refractivity contribution is 7.11. The Labute approximate surface area is 101 Å². The summed E-state index contributed by atoms with van der Waals surface area (Å²) in [6.45, 7) is 7.56. The molecule has 0 saturated heterocycles. The number of aryl methyl sites for hydroxylation is 1. The van der Waals surface area contributed by atoms with E-state index in [0.717, 1.165) is 6.54 Å². The van der Waals surface area contributed by atoms with Gasteiger partial charge in [-0.05, 0) is 19.1 Å². The van der Waals surface area contributed by atoms with E-state index in [0.29, 0.717) is 13.1 Å². The van der Waals surface area contributed by atoms with Crippen LogP contribution in [0, 0.1) is 6.92 Å². The van der Waals surface area contributed by atoms with Gasteiger partial charge in [0, 0.05) is 29.4 Å². The molecular weight excluding hydrogens is 222 g/mol. The van der Waals surface area contributed by atoms with Crippen LogP contribution in [0.25, 0.3) is 0 Å². The Hall–Kier alpha value is -0.680. The van der Waals surface area contributed by atoms with Gasteiger partial charge in [-0.15, -0.1) is 17.9 Å². The van der Waals surface area contributed by atoms with Crippen molar-refractivity contribution in [2.24, 2.45) is 0 Å². The molecule has 1 atom stereocenters. The van der Waals surface area contributed by atoms with Gasteiger partial charge < -0.3 is 10.2 Å². The molecule has 0 aliphatic heterocycles. The Morgan fingerprint density at radius 1 is 1.56 bits per heavy atom. The molecule has 2 N–H and O–H groups in total. The number of hydrogen-bond donors (Lipinski definition) is 2. The van der Waals surface area contributed by atoms with Crippen molar-refractivity contribution in [3.8, 4) is 0 Å². The third-order valence-corrected chi connectivity index (χ3v) is 3.23. The second-order valence-corrected chi connectivity index (χ2v) is 5.20. The van der Waals surface area contributed by atoms with Crippen molar-refractivity contribution in [3.05, 3.63) is 34.5 Å². The van der Waals surface area contributed by atoms with E-state index in [4.69, 9.17) is 5.11 Å². The predicted octanol–water partition coefficient (Wildman–Crippen LogP) is 1.40. The molecule has 4 heteroatoms. The first-order chi connectivity index (χ1) is 7.65. The van der Waals surface area contributed by atoms with Crippen LogP contribution in [0.2, 0.25) is 0 Å². The van der Waals surface area contributed by atoms with Gasteiger partial charge in [0.1, 0.15) is 0 Å². The Balaban J connectivity index is 2.53. The number of thiophene rings is 1. The fraction of sp³-hybridized carbons (Fsp3) is 0.500. The number of aliphatic hydroxyl groups excluding tert-OH is 2. The number of hydrogen-bond acceptors (Lipinski definition) is 4. The Bertz CT molecular complexity index is 325. The number of nitrogens with zero attached hydrogens (tertiary/aromatic N) is 1. The van der Waals surface area contributed by atoms with Crippen molar-refractivity contribution < 1.29 is 10.2 Å². The van der Waals surface area contributed by atoms with E-state index in [2.05, 4.69) is 30.5 Å². The van der Waals surface area contributed by atoms with E-state index >= 15 is 0 Å². The summed E-state index contributed by atoms with van der Waals surface area (Å²) in [7, 11) is 0. The zero-order chi connectivity index (χ0) is 12.0. The van der Waals surface area contributed by atoms with Gasteiger partial charge in [-0.1, -0.05) is 6.08 Å². The van der Waals surface area contributed by atoms with Crippen molar-refractivity contribution in [1.29, 1.82) is 0 Å². The topological polar surface area (TPSA) is 43.7 Å². The van der Waals surface area contributed by atoms with Crippen LogP contribution in [-0.2, 0) is 6.54 Å². The van der Waals surface area contributed by atoms with Crippen LogP contribution in [0.5, 0.6) is 0 Å². The first kappa shape index (κ1) is 13.4. The lowest BCUT2D eigenvalue weighted by Crippen LogP contribution is -2.33. The van der Waals surface area contributed by atoms with Gasteiger partial charge in [0.2, 0.25) is 0 Å². The molecule has 0 unspecified atom stereocenters. The molecule has 0 fully saturated rings. The third kappa shape index (κ3) is 4.45. The standard InChI is InChI=1S/C12H19NO2S/c1-3-6-13(7-11(15)9-14)8-12-5-4-10(2)16-12/h3-5,11,14-15H,1,6-9H2,2H3/t11-/m0/s1.